The Balaban J connectivity index is 2.22. The van der Waals surface area contributed by atoms with Crippen LogP contribution in [0, 0.1) is 0 Å². The van der Waals surface area contributed by atoms with E-state index in [1.54, 1.807) is 6.07 Å². The Hall–Kier alpha value is -2.23. The molecule has 0 aliphatic heterocycles. The van der Waals surface area contributed by atoms with E-state index in [2.05, 4.69) is 6.92 Å². The van der Waals surface area contributed by atoms with Gasteiger partial charge in [-0.2, -0.15) is 0 Å². The number of hydrogen-bond acceptors (Lipinski definition) is 2. The molecule has 0 saturated carbocycles. The summed E-state index contributed by atoms with van der Waals surface area (Å²) in [5.74, 6) is 0.0410. The van der Waals surface area contributed by atoms with Gasteiger partial charge in [0.15, 0.2) is 0 Å². The minimum atomic E-state index is 0.0410. The molecule has 0 spiro atoms. The SMILES string of the molecule is CCCN(Cc1ccccc1)C(=O)c1cc(N)cn1CC. The highest BCUT2D eigenvalue weighted by Crippen LogP contribution is 2.15. The molecule has 1 amide bonds. The van der Waals surface area contributed by atoms with Gasteiger partial charge in [-0.25, -0.2) is 0 Å². The lowest BCUT2D eigenvalue weighted by molar-refractivity contribution is 0.0732. The molecule has 0 unspecified atom stereocenters. The molecule has 2 N–H and O–H groups in total. The van der Waals surface area contributed by atoms with Crippen molar-refractivity contribution in [3.05, 3.63) is 53.9 Å². The van der Waals surface area contributed by atoms with E-state index in [-0.39, 0.29) is 5.91 Å². The highest BCUT2D eigenvalue weighted by Gasteiger charge is 2.19. The summed E-state index contributed by atoms with van der Waals surface area (Å²) in [6.45, 7) is 6.20. The number of aromatic nitrogens is 1. The molecule has 0 radical (unpaired) electrons. The van der Waals surface area contributed by atoms with E-state index in [9.17, 15) is 4.79 Å². The van der Waals surface area contributed by atoms with Crippen molar-refractivity contribution < 1.29 is 4.79 Å². The third kappa shape index (κ3) is 3.66. The molecule has 0 bridgehead atoms. The number of carbonyl (C=O) groups excluding carboxylic acids is 1. The van der Waals surface area contributed by atoms with Crippen molar-refractivity contribution in [2.24, 2.45) is 0 Å². The van der Waals surface area contributed by atoms with Gasteiger partial charge in [-0.15, -0.1) is 0 Å². The molecule has 1 heterocycles. The van der Waals surface area contributed by atoms with Crippen LogP contribution in [0.3, 0.4) is 0 Å². The minimum absolute atomic E-state index is 0.0410. The van der Waals surface area contributed by atoms with Gasteiger partial charge in [0.25, 0.3) is 5.91 Å². The topological polar surface area (TPSA) is 51.3 Å². The number of hydrogen-bond donors (Lipinski definition) is 1. The van der Waals surface area contributed by atoms with Gasteiger partial charge >= 0.3 is 0 Å². The van der Waals surface area contributed by atoms with Crippen LogP contribution in [0.5, 0.6) is 0 Å². The Bertz CT molecular complexity index is 589. The summed E-state index contributed by atoms with van der Waals surface area (Å²) in [5.41, 5.74) is 8.27. The molecule has 2 aromatic rings. The van der Waals surface area contributed by atoms with Crippen molar-refractivity contribution in [1.29, 1.82) is 0 Å². The summed E-state index contributed by atoms with van der Waals surface area (Å²) in [7, 11) is 0. The predicted molar refractivity (Wildman–Crippen MR) is 86.0 cm³/mol. The molecular formula is C17H23N3O. The first-order valence-electron chi connectivity index (χ1n) is 7.44. The van der Waals surface area contributed by atoms with E-state index in [0.29, 0.717) is 17.9 Å². The Morgan fingerprint density at radius 2 is 1.95 bits per heavy atom. The molecule has 1 aromatic carbocycles. The van der Waals surface area contributed by atoms with Crippen LogP contribution < -0.4 is 5.73 Å². The molecule has 0 saturated heterocycles. The summed E-state index contributed by atoms with van der Waals surface area (Å²) in [4.78, 5) is 14.7. The first-order valence-corrected chi connectivity index (χ1v) is 7.44. The summed E-state index contributed by atoms with van der Waals surface area (Å²) in [6.07, 6.45) is 2.75. The molecule has 0 fully saturated rings. The van der Waals surface area contributed by atoms with Gasteiger partial charge in [0, 0.05) is 25.8 Å². The molecular weight excluding hydrogens is 262 g/mol. The lowest BCUT2D eigenvalue weighted by atomic mass is 10.2. The zero-order valence-corrected chi connectivity index (χ0v) is 12.7. The predicted octanol–water partition coefficient (Wildman–Crippen LogP) is 3.14. The fourth-order valence-corrected chi connectivity index (χ4v) is 2.46. The number of nitrogens with zero attached hydrogens (tertiary/aromatic N) is 2. The highest BCUT2D eigenvalue weighted by molar-refractivity contribution is 5.93. The van der Waals surface area contributed by atoms with E-state index in [1.165, 1.54) is 0 Å². The third-order valence-corrected chi connectivity index (χ3v) is 3.47. The number of carbonyl (C=O) groups is 1. The molecule has 0 aliphatic rings. The van der Waals surface area contributed by atoms with Crippen LogP contribution in [0.2, 0.25) is 0 Å². The van der Waals surface area contributed by atoms with Crippen molar-refractivity contribution >= 4 is 11.6 Å². The number of nitrogens with two attached hydrogens (primary N) is 1. The lowest BCUT2D eigenvalue weighted by Gasteiger charge is -2.23. The second kappa shape index (κ2) is 6.97. The number of amides is 1. The van der Waals surface area contributed by atoms with Gasteiger partial charge in [-0.1, -0.05) is 37.3 Å². The van der Waals surface area contributed by atoms with E-state index < -0.39 is 0 Å². The van der Waals surface area contributed by atoms with E-state index >= 15 is 0 Å². The number of rotatable bonds is 6. The molecule has 1 aromatic heterocycles. The number of aryl methyl sites for hydroxylation is 1. The van der Waals surface area contributed by atoms with Crippen LogP contribution >= 0.6 is 0 Å². The summed E-state index contributed by atoms with van der Waals surface area (Å²) < 4.78 is 1.91. The maximum atomic E-state index is 12.8. The molecule has 112 valence electrons. The van der Waals surface area contributed by atoms with Gasteiger partial charge in [0.1, 0.15) is 5.69 Å². The smallest absolute Gasteiger partial charge is 0.270 e. The molecule has 21 heavy (non-hydrogen) atoms. The average molecular weight is 285 g/mol. The third-order valence-electron chi connectivity index (χ3n) is 3.47. The van der Waals surface area contributed by atoms with Crippen LogP contribution in [0.15, 0.2) is 42.6 Å². The largest absolute Gasteiger partial charge is 0.397 e. The van der Waals surface area contributed by atoms with Crippen molar-refractivity contribution in [2.75, 3.05) is 12.3 Å². The van der Waals surface area contributed by atoms with Gasteiger partial charge < -0.3 is 15.2 Å². The van der Waals surface area contributed by atoms with Crippen LogP contribution in [-0.2, 0) is 13.1 Å². The second-order valence-electron chi connectivity index (χ2n) is 5.16. The van der Waals surface area contributed by atoms with Crippen LogP contribution in [0.25, 0.3) is 0 Å². The quantitative estimate of drug-likeness (QED) is 0.886. The van der Waals surface area contributed by atoms with Crippen molar-refractivity contribution in [2.45, 2.75) is 33.4 Å². The summed E-state index contributed by atoms with van der Waals surface area (Å²) in [5, 5.41) is 0. The van der Waals surface area contributed by atoms with Crippen LogP contribution in [0.4, 0.5) is 5.69 Å². The summed E-state index contributed by atoms with van der Waals surface area (Å²) >= 11 is 0. The monoisotopic (exact) mass is 285 g/mol. The number of nitrogen functional groups attached to an aromatic ring is 1. The van der Waals surface area contributed by atoms with Crippen molar-refractivity contribution in [1.82, 2.24) is 9.47 Å². The average Bonchev–Trinajstić information content (AvgIpc) is 2.88. The Morgan fingerprint density at radius 3 is 2.57 bits per heavy atom. The fraction of sp³-hybridized carbons (Fsp3) is 0.353. The van der Waals surface area contributed by atoms with Crippen LogP contribution in [0.1, 0.15) is 36.3 Å². The van der Waals surface area contributed by atoms with Gasteiger partial charge in [-0.3, -0.25) is 4.79 Å². The first kappa shape index (κ1) is 15.2. The number of benzene rings is 1. The lowest BCUT2D eigenvalue weighted by Crippen LogP contribution is -2.32. The maximum absolute atomic E-state index is 12.8. The van der Waals surface area contributed by atoms with Crippen LogP contribution in [-0.4, -0.2) is 21.9 Å². The zero-order chi connectivity index (χ0) is 15.2. The van der Waals surface area contributed by atoms with Crippen molar-refractivity contribution in [3.8, 4) is 0 Å². The molecule has 2 rings (SSSR count). The minimum Gasteiger partial charge on any atom is -0.397 e. The molecule has 0 atom stereocenters. The normalized spacial score (nSPS) is 10.6. The Kier molecular flexibility index (Phi) is 5.04. The fourth-order valence-electron chi connectivity index (χ4n) is 2.46. The van der Waals surface area contributed by atoms with E-state index in [4.69, 9.17) is 5.73 Å². The second-order valence-corrected chi connectivity index (χ2v) is 5.16. The standard InChI is InChI=1S/C17H23N3O/c1-3-10-20(12-14-8-6-5-7-9-14)17(21)16-11-15(18)13-19(16)4-2/h5-9,11,13H,3-4,10,12,18H2,1-2H3. The van der Waals surface area contributed by atoms with E-state index in [0.717, 1.165) is 25.1 Å². The van der Waals surface area contributed by atoms with Gasteiger partial charge in [-0.05, 0) is 25.0 Å². The zero-order valence-electron chi connectivity index (χ0n) is 12.7. The molecule has 4 heteroatoms. The highest BCUT2D eigenvalue weighted by atomic mass is 16.2. The number of anilines is 1. The van der Waals surface area contributed by atoms with Crippen molar-refractivity contribution in [3.63, 3.8) is 0 Å². The Labute approximate surface area is 126 Å². The molecule has 4 nitrogen and oxygen atoms in total. The first-order chi connectivity index (χ1) is 10.2. The van der Waals surface area contributed by atoms with Gasteiger partial charge in [0.2, 0.25) is 0 Å². The van der Waals surface area contributed by atoms with E-state index in [1.807, 2.05) is 52.9 Å². The van der Waals surface area contributed by atoms with Gasteiger partial charge in [0.05, 0.1) is 5.69 Å². The summed E-state index contributed by atoms with van der Waals surface area (Å²) in [6, 6.07) is 11.8. The maximum Gasteiger partial charge on any atom is 0.270 e. The Morgan fingerprint density at radius 1 is 1.24 bits per heavy atom. The molecule has 0 aliphatic carbocycles.